The van der Waals surface area contributed by atoms with Crippen molar-refractivity contribution >= 4 is 18.3 Å². The minimum Gasteiger partial charge on any atom is -0.395 e. The molecule has 0 aliphatic carbocycles. The molecule has 0 atom stereocenters. The zero-order valence-corrected chi connectivity index (χ0v) is 12.5. The summed E-state index contributed by atoms with van der Waals surface area (Å²) in [5.41, 5.74) is 1.22. The van der Waals surface area contributed by atoms with E-state index in [9.17, 15) is 4.79 Å². The number of benzene rings is 1. The van der Waals surface area contributed by atoms with Gasteiger partial charge in [-0.05, 0) is 12.0 Å². The maximum absolute atomic E-state index is 12.1. The summed E-state index contributed by atoms with van der Waals surface area (Å²) in [5.74, 6) is 0.243. The number of carbonyl (C=O) groups is 1. The molecule has 2 rings (SSSR count). The highest BCUT2D eigenvalue weighted by Crippen LogP contribution is 2.07. The van der Waals surface area contributed by atoms with E-state index in [0.717, 1.165) is 32.6 Å². The molecule has 1 saturated heterocycles. The summed E-state index contributed by atoms with van der Waals surface area (Å²) in [6.07, 6.45) is 1.40. The average molecular weight is 299 g/mol. The van der Waals surface area contributed by atoms with Gasteiger partial charge >= 0.3 is 0 Å². The summed E-state index contributed by atoms with van der Waals surface area (Å²) in [6, 6.07) is 10.1. The summed E-state index contributed by atoms with van der Waals surface area (Å²) in [4.78, 5) is 16.2. The van der Waals surface area contributed by atoms with E-state index in [1.807, 2.05) is 23.1 Å². The molecule has 0 unspecified atom stereocenters. The number of β-amino-alcohol motifs (C(OH)–C–C–N with tert-alkyl or cyclic N) is 1. The number of hydrogen-bond donors (Lipinski definition) is 1. The Morgan fingerprint density at radius 1 is 1.10 bits per heavy atom. The van der Waals surface area contributed by atoms with E-state index in [1.54, 1.807) is 0 Å². The number of aliphatic hydroxyl groups is 1. The molecule has 5 heteroatoms. The normalized spacial score (nSPS) is 15.8. The van der Waals surface area contributed by atoms with Crippen LogP contribution in [0.15, 0.2) is 30.3 Å². The Hall–Kier alpha value is -1.10. The van der Waals surface area contributed by atoms with Gasteiger partial charge < -0.3 is 10.0 Å². The molecule has 1 aromatic carbocycles. The molecule has 0 saturated carbocycles. The Balaban J connectivity index is 0.00000200. The van der Waals surface area contributed by atoms with Crippen LogP contribution in [-0.4, -0.2) is 60.1 Å². The SMILES string of the molecule is Cl.O=C(CCc1ccccc1)N1CCN(CCO)CC1. The van der Waals surface area contributed by atoms with Crippen LogP contribution >= 0.6 is 12.4 Å². The van der Waals surface area contributed by atoms with E-state index in [1.165, 1.54) is 5.56 Å². The first-order valence-electron chi connectivity index (χ1n) is 6.94. The molecule has 0 spiro atoms. The number of aryl methyl sites for hydroxylation is 1. The second kappa shape index (κ2) is 8.95. The van der Waals surface area contributed by atoms with Gasteiger partial charge in [0, 0.05) is 39.1 Å². The Bertz CT molecular complexity index is 392. The lowest BCUT2D eigenvalue weighted by Crippen LogP contribution is -2.49. The summed E-state index contributed by atoms with van der Waals surface area (Å²) >= 11 is 0. The zero-order chi connectivity index (χ0) is 13.5. The van der Waals surface area contributed by atoms with Crippen LogP contribution < -0.4 is 0 Å². The van der Waals surface area contributed by atoms with Crippen molar-refractivity contribution in [3.63, 3.8) is 0 Å². The van der Waals surface area contributed by atoms with Gasteiger partial charge in [0.05, 0.1) is 6.61 Å². The van der Waals surface area contributed by atoms with Crippen LogP contribution in [0.1, 0.15) is 12.0 Å². The van der Waals surface area contributed by atoms with Gasteiger partial charge in [-0.25, -0.2) is 0 Å². The third kappa shape index (κ3) is 5.12. The predicted octanol–water partition coefficient (Wildman–Crippen LogP) is 1.18. The Kier molecular flexibility index (Phi) is 7.59. The Morgan fingerprint density at radius 3 is 2.35 bits per heavy atom. The summed E-state index contributed by atoms with van der Waals surface area (Å²) in [6.45, 7) is 4.23. The molecule has 1 aliphatic rings. The second-order valence-corrected chi connectivity index (χ2v) is 4.93. The first-order chi connectivity index (χ1) is 9.29. The standard InChI is InChI=1S/C15H22N2O2.ClH/c18-13-12-16-8-10-17(11-9-16)15(19)7-6-14-4-2-1-3-5-14;/h1-5,18H,6-13H2;1H. The molecular formula is C15H23ClN2O2. The molecule has 1 amide bonds. The van der Waals surface area contributed by atoms with Gasteiger partial charge in [-0.2, -0.15) is 0 Å². The maximum atomic E-state index is 12.1. The minimum absolute atomic E-state index is 0. The van der Waals surface area contributed by atoms with E-state index in [0.29, 0.717) is 13.0 Å². The lowest BCUT2D eigenvalue weighted by Gasteiger charge is -2.34. The molecule has 0 bridgehead atoms. The van der Waals surface area contributed by atoms with Gasteiger partial charge in [0.1, 0.15) is 0 Å². The Labute approximate surface area is 126 Å². The van der Waals surface area contributed by atoms with Gasteiger partial charge in [0.15, 0.2) is 0 Å². The first kappa shape index (κ1) is 17.0. The second-order valence-electron chi connectivity index (χ2n) is 4.93. The van der Waals surface area contributed by atoms with E-state index in [2.05, 4.69) is 17.0 Å². The van der Waals surface area contributed by atoms with Crippen molar-refractivity contribution in [2.24, 2.45) is 0 Å². The van der Waals surface area contributed by atoms with Crippen molar-refractivity contribution < 1.29 is 9.90 Å². The fourth-order valence-corrected chi connectivity index (χ4v) is 2.42. The largest absolute Gasteiger partial charge is 0.395 e. The number of piperazine rings is 1. The van der Waals surface area contributed by atoms with E-state index in [-0.39, 0.29) is 24.9 Å². The lowest BCUT2D eigenvalue weighted by atomic mass is 10.1. The number of rotatable bonds is 5. The van der Waals surface area contributed by atoms with Crippen molar-refractivity contribution in [3.8, 4) is 0 Å². The third-order valence-electron chi connectivity index (χ3n) is 3.61. The summed E-state index contributed by atoms with van der Waals surface area (Å²) in [5, 5.41) is 8.88. The van der Waals surface area contributed by atoms with Crippen molar-refractivity contribution in [1.82, 2.24) is 9.80 Å². The molecule has 20 heavy (non-hydrogen) atoms. The van der Waals surface area contributed by atoms with Gasteiger partial charge in [-0.1, -0.05) is 30.3 Å². The van der Waals surface area contributed by atoms with Crippen LogP contribution in [0.3, 0.4) is 0 Å². The topological polar surface area (TPSA) is 43.8 Å². The van der Waals surface area contributed by atoms with Crippen LogP contribution in [0.5, 0.6) is 0 Å². The summed E-state index contributed by atoms with van der Waals surface area (Å²) in [7, 11) is 0. The Morgan fingerprint density at radius 2 is 1.75 bits per heavy atom. The van der Waals surface area contributed by atoms with Crippen LogP contribution in [-0.2, 0) is 11.2 Å². The van der Waals surface area contributed by atoms with Crippen LogP contribution in [0.4, 0.5) is 0 Å². The van der Waals surface area contributed by atoms with Crippen LogP contribution in [0, 0.1) is 0 Å². The smallest absolute Gasteiger partial charge is 0.222 e. The highest BCUT2D eigenvalue weighted by molar-refractivity contribution is 5.85. The van der Waals surface area contributed by atoms with E-state index >= 15 is 0 Å². The highest BCUT2D eigenvalue weighted by Gasteiger charge is 2.20. The summed E-state index contributed by atoms with van der Waals surface area (Å²) < 4.78 is 0. The van der Waals surface area contributed by atoms with Gasteiger partial charge in [-0.3, -0.25) is 9.69 Å². The monoisotopic (exact) mass is 298 g/mol. The van der Waals surface area contributed by atoms with E-state index in [4.69, 9.17) is 5.11 Å². The third-order valence-corrected chi connectivity index (χ3v) is 3.61. The molecular weight excluding hydrogens is 276 g/mol. The van der Waals surface area contributed by atoms with Gasteiger partial charge in [-0.15, -0.1) is 12.4 Å². The molecule has 1 fully saturated rings. The first-order valence-corrected chi connectivity index (χ1v) is 6.94. The van der Waals surface area contributed by atoms with Gasteiger partial charge in [0.2, 0.25) is 5.91 Å². The fourth-order valence-electron chi connectivity index (χ4n) is 2.42. The predicted molar refractivity (Wildman–Crippen MR) is 82.1 cm³/mol. The molecule has 4 nitrogen and oxygen atoms in total. The van der Waals surface area contributed by atoms with Crippen LogP contribution in [0.25, 0.3) is 0 Å². The molecule has 112 valence electrons. The molecule has 1 N–H and O–H groups in total. The molecule has 0 aromatic heterocycles. The fraction of sp³-hybridized carbons (Fsp3) is 0.533. The van der Waals surface area contributed by atoms with Crippen molar-refractivity contribution in [2.75, 3.05) is 39.3 Å². The minimum atomic E-state index is 0. The van der Waals surface area contributed by atoms with E-state index < -0.39 is 0 Å². The quantitative estimate of drug-likeness (QED) is 0.888. The zero-order valence-electron chi connectivity index (χ0n) is 11.7. The van der Waals surface area contributed by atoms with Crippen molar-refractivity contribution in [2.45, 2.75) is 12.8 Å². The van der Waals surface area contributed by atoms with Crippen molar-refractivity contribution in [3.05, 3.63) is 35.9 Å². The number of nitrogens with zero attached hydrogens (tertiary/aromatic N) is 2. The van der Waals surface area contributed by atoms with Crippen molar-refractivity contribution in [1.29, 1.82) is 0 Å². The lowest BCUT2D eigenvalue weighted by molar-refractivity contribution is -0.132. The number of hydrogen-bond acceptors (Lipinski definition) is 3. The highest BCUT2D eigenvalue weighted by atomic mass is 35.5. The number of carbonyl (C=O) groups excluding carboxylic acids is 1. The number of halogens is 1. The number of amides is 1. The van der Waals surface area contributed by atoms with Gasteiger partial charge in [0.25, 0.3) is 0 Å². The van der Waals surface area contributed by atoms with Crippen LogP contribution in [0.2, 0.25) is 0 Å². The maximum Gasteiger partial charge on any atom is 0.222 e. The molecule has 1 aliphatic heterocycles. The molecule has 0 radical (unpaired) electrons. The number of aliphatic hydroxyl groups excluding tert-OH is 1. The average Bonchev–Trinajstić information content (AvgIpc) is 2.47. The molecule has 1 aromatic rings. The molecule has 1 heterocycles.